The number of thioether (sulfide) groups is 1. The minimum atomic E-state index is -3.19. The molecule has 0 unspecified atom stereocenters. The van der Waals surface area contributed by atoms with Crippen LogP contribution in [0.3, 0.4) is 0 Å². The van der Waals surface area contributed by atoms with Gasteiger partial charge >= 0.3 is 0 Å². The Bertz CT molecular complexity index is 1210. The van der Waals surface area contributed by atoms with Gasteiger partial charge in [-0.25, -0.2) is 13.4 Å². The maximum atomic E-state index is 12.6. The molecule has 8 nitrogen and oxygen atoms in total. The number of piperazine rings is 1. The van der Waals surface area contributed by atoms with Crippen LogP contribution in [0.15, 0.2) is 47.6 Å². The van der Waals surface area contributed by atoms with Gasteiger partial charge in [-0.3, -0.25) is 4.79 Å². The lowest BCUT2D eigenvalue weighted by molar-refractivity contribution is -0.113. The second kappa shape index (κ2) is 9.07. The summed E-state index contributed by atoms with van der Waals surface area (Å²) in [4.78, 5) is 22.3. The highest BCUT2D eigenvalue weighted by atomic mass is 35.5. The van der Waals surface area contributed by atoms with Crippen molar-refractivity contribution >= 4 is 61.7 Å². The number of sulfonamides is 1. The molecule has 0 radical (unpaired) electrons. The topological polar surface area (TPSA) is 98.4 Å². The molecule has 0 saturated carbocycles. The molecule has 1 aromatic heterocycles. The zero-order chi connectivity index (χ0) is 22.0. The van der Waals surface area contributed by atoms with Crippen LogP contribution in [0.5, 0.6) is 0 Å². The molecule has 3 aromatic rings. The summed E-state index contributed by atoms with van der Waals surface area (Å²) in [5.74, 6) is 0.0507. The molecule has 1 fully saturated rings. The number of aromatic amines is 1. The molecular formula is C20H22ClN5O3S2. The first-order valence-electron chi connectivity index (χ1n) is 9.66. The quantitative estimate of drug-likeness (QED) is 0.527. The summed E-state index contributed by atoms with van der Waals surface area (Å²) >= 11 is 7.31. The minimum Gasteiger partial charge on any atom is -0.367 e. The molecule has 0 spiro atoms. The summed E-state index contributed by atoms with van der Waals surface area (Å²) in [6.45, 7) is 1.98. The third-order valence-electron chi connectivity index (χ3n) is 4.99. The van der Waals surface area contributed by atoms with E-state index in [1.165, 1.54) is 22.3 Å². The summed E-state index contributed by atoms with van der Waals surface area (Å²) in [5.41, 5.74) is 3.21. The van der Waals surface area contributed by atoms with Crippen LogP contribution in [-0.2, 0) is 14.8 Å². The SMILES string of the molecule is CS(=O)(=O)N1CCN(c2ccccc2NC(=O)CSc2nc3ccc(Cl)cc3[nH]2)CC1. The Morgan fingerprint density at radius 3 is 2.68 bits per heavy atom. The number of aromatic nitrogens is 2. The van der Waals surface area contributed by atoms with Crippen molar-refractivity contribution in [3.05, 3.63) is 47.5 Å². The number of H-pyrrole nitrogens is 1. The average Bonchev–Trinajstić information content (AvgIpc) is 3.14. The van der Waals surface area contributed by atoms with E-state index in [9.17, 15) is 13.2 Å². The first kappa shape index (κ1) is 21.9. The lowest BCUT2D eigenvalue weighted by Crippen LogP contribution is -2.48. The molecule has 4 rings (SSSR count). The lowest BCUT2D eigenvalue weighted by atomic mass is 10.2. The second-order valence-corrected chi connectivity index (χ2v) is 10.6. The Kier molecular flexibility index (Phi) is 6.42. The smallest absolute Gasteiger partial charge is 0.234 e. The van der Waals surface area contributed by atoms with E-state index in [0.29, 0.717) is 42.0 Å². The van der Waals surface area contributed by atoms with E-state index >= 15 is 0 Å². The molecule has 0 atom stereocenters. The minimum absolute atomic E-state index is 0.147. The van der Waals surface area contributed by atoms with Crippen LogP contribution in [-0.4, -0.2) is 66.8 Å². The number of halogens is 1. The Balaban J connectivity index is 1.38. The van der Waals surface area contributed by atoms with Gasteiger partial charge in [0.25, 0.3) is 0 Å². The zero-order valence-corrected chi connectivity index (χ0v) is 19.2. The first-order valence-corrected chi connectivity index (χ1v) is 12.9. The van der Waals surface area contributed by atoms with Gasteiger partial charge in [0.05, 0.1) is 34.4 Å². The van der Waals surface area contributed by atoms with Crippen molar-refractivity contribution in [3.63, 3.8) is 0 Å². The zero-order valence-electron chi connectivity index (χ0n) is 16.8. The second-order valence-electron chi connectivity index (χ2n) is 7.21. The van der Waals surface area contributed by atoms with Gasteiger partial charge in [-0.1, -0.05) is 35.5 Å². The number of benzene rings is 2. The maximum Gasteiger partial charge on any atom is 0.234 e. The number of hydrogen-bond donors (Lipinski definition) is 2. The molecule has 1 saturated heterocycles. The van der Waals surface area contributed by atoms with Crippen LogP contribution in [0, 0.1) is 0 Å². The highest BCUT2D eigenvalue weighted by Gasteiger charge is 2.24. The number of anilines is 2. The Hall–Kier alpha value is -2.27. The van der Waals surface area contributed by atoms with Gasteiger partial charge in [-0.2, -0.15) is 4.31 Å². The number of amides is 1. The van der Waals surface area contributed by atoms with Gasteiger partial charge in [0.1, 0.15) is 0 Å². The monoisotopic (exact) mass is 479 g/mol. The van der Waals surface area contributed by atoms with Crippen molar-refractivity contribution in [3.8, 4) is 0 Å². The predicted molar refractivity (Wildman–Crippen MR) is 126 cm³/mol. The van der Waals surface area contributed by atoms with Crippen LogP contribution in [0.25, 0.3) is 11.0 Å². The molecule has 1 aliphatic heterocycles. The fraction of sp³-hybridized carbons (Fsp3) is 0.300. The van der Waals surface area contributed by atoms with E-state index in [4.69, 9.17) is 11.6 Å². The molecule has 2 aromatic carbocycles. The fourth-order valence-corrected chi connectivity index (χ4v) is 5.15. The van der Waals surface area contributed by atoms with Gasteiger partial charge in [-0.15, -0.1) is 0 Å². The predicted octanol–water partition coefficient (Wildman–Crippen LogP) is 3.03. The van der Waals surface area contributed by atoms with Crippen molar-refractivity contribution < 1.29 is 13.2 Å². The van der Waals surface area contributed by atoms with Crippen molar-refractivity contribution in [2.75, 3.05) is 48.4 Å². The normalized spacial score (nSPS) is 15.4. The number of carbonyl (C=O) groups is 1. The summed E-state index contributed by atoms with van der Waals surface area (Å²) < 4.78 is 25.0. The third kappa shape index (κ3) is 5.32. The Labute approximate surface area is 190 Å². The molecule has 2 N–H and O–H groups in total. The summed E-state index contributed by atoms with van der Waals surface area (Å²) in [7, 11) is -3.19. The van der Waals surface area contributed by atoms with Crippen molar-refractivity contribution in [2.45, 2.75) is 5.16 Å². The van der Waals surface area contributed by atoms with Gasteiger partial charge < -0.3 is 15.2 Å². The standard InChI is InChI=1S/C20H22ClN5O3S2/c1-31(28,29)26-10-8-25(9-11-26)18-5-3-2-4-16(18)22-19(27)13-30-20-23-15-7-6-14(21)12-17(15)24-20/h2-7,12H,8-11,13H2,1H3,(H,22,27)(H,23,24). The summed E-state index contributed by atoms with van der Waals surface area (Å²) in [5, 5.41) is 4.24. The lowest BCUT2D eigenvalue weighted by Gasteiger charge is -2.35. The average molecular weight is 480 g/mol. The number of carbonyl (C=O) groups excluding carboxylic acids is 1. The highest BCUT2D eigenvalue weighted by molar-refractivity contribution is 7.99. The number of nitrogens with one attached hydrogen (secondary N) is 2. The molecule has 1 aliphatic rings. The van der Waals surface area contributed by atoms with E-state index in [0.717, 1.165) is 16.7 Å². The van der Waals surface area contributed by atoms with Crippen LogP contribution >= 0.6 is 23.4 Å². The largest absolute Gasteiger partial charge is 0.367 e. The first-order chi connectivity index (χ1) is 14.8. The molecule has 31 heavy (non-hydrogen) atoms. The molecule has 0 aliphatic carbocycles. The van der Waals surface area contributed by atoms with Gasteiger partial charge in [0.15, 0.2) is 5.16 Å². The number of fused-ring (bicyclic) bond motifs is 1. The molecule has 0 bridgehead atoms. The molecule has 164 valence electrons. The van der Waals surface area contributed by atoms with Gasteiger partial charge in [-0.05, 0) is 30.3 Å². The van der Waals surface area contributed by atoms with Crippen molar-refractivity contribution in [1.29, 1.82) is 0 Å². The fourth-order valence-electron chi connectivity index (χ4n) is 3.46. The third-order valence-corrected chi connectivity index (χ3v) is 7.40. The van der Waals surface area contributed by atoms with Crippen LogP contribution < -0.4 is 10.2 Å². The number of imidazole rings is 1. The van der Waals surface area contributed by atoms with Crippen molar-refractivity contribution in [1.82, 2.24) is 14.3 Å². The number of nitrogens with zero attached hydrogens (tertiary/aromatic N) is 3. The van der Waals surface area contributed by atoms with Crippen LogP contribution in [0.1, 0.15) is 0 Å². The molecular weight excluding hydrogens is 458 g/mol. The number of hydrogen-bond acceptors (Lipinski definition) is 6. The molecule has 1 amide bonds. The number of para-hydroxylation sites is 2. The maximum absolute atomic E-state index is 12.6. The summed E-state index contributed by atoms with van der Waals surface area (Å²) in [6.07, 6.45) is 1.23. The van der Waals surface area contributed by atoms with E-state index in [1.54, 1.807) is 12.1 Å². The molecule has 11 heteroatoms. The van der Waals surface area contributed by atoms with E-state index in [1.807, 2.05) is 30.3 Å². The van der Waals surface area contributed by atoms with Crippen LogP contribution in [0.4, 0.5) is 11.4 Å². The molecule has 2 heterocycles. The van der Waals surface area contributed by atoms with Crippen LogP contribution in [0.2, 0.25) is 5.02 Å². The highest BCUT2D eigenvalue weighted by Crippen LogP contribution is 2.28. The van der Waals surface area contributed by atoms with Crippen molar-refractivity contribution in [2.24, 2.45) is 0 Å². The Morgan fingerprint density at radius 1 is 1.19 bits per heavy atom. The van der Waals surface area contributed by atoms with Gasteiger partial charge in [0, 0.05) is 31.2 Å². The van der Waals surface area contributed by atoms with E-state index in [-0.39, 0.29) is 11.7 Å². The Morgan fingerprint density at radius 2 is 1.94 bits per heavy atom. The summed E-state index contributed by atoms with van der Waals surface area (Å²) in [6, 6.07) is 13.0. The number of rotatable bonds is 6. The van der Waals surface area contributed by atoms with E-state index in [2.05, 4.69) is 20.2 Å². The van der Waals surface area contributed by atoms with Gasteiger partial charge in [0.2, 0.25) is 15.9 Å². The van der Waals surface area contributed by atoms with E-state index < -0.39 is 10.0 Å².